The van der Waals surface area contributed by atoms with Gasteiger partial charge in [-0.3, -0.25) is 4.79 Å². The summed E-state index contributed by atoms with van der Waals surface area (Å²) < 4.78 is 0. The van der Waals surface area contributed by atoms with E-state index in [1.165, 1.54) is 6.42 Å². The number of amides is 1. The Morgan fingerprint density at radius 3 is 2.32 bits per heavy atom. The maximum atomic E-state index is 11.6. The zero-order valence-electron chi connectivity index (χ0n) is 11.4. The highest BCUT2D eigenvalue weighted by Crippen LogP contribution is 2.28. The van der Waals surface area contributed by atoms with Crippen LogP contribution >= 0.6 is 11.6 Å². The number of carbonyl (C=O) groups excluding carboxylic acids is 1. The van der Waals surface area contributed by atoms with E-state index in [4.69, 9.17) is 17.3 Å². The summed E-state index contributed by atoms with van der Waals surface area (Å²) >= 11 is 5.81. The van der Waals surface area contributed by atoms with Crippen molar-refractivity contribution in [2.24, 2.45) is 5.73 Å². The van der Waals surface area contributed by atoms with Gasteiger partial charge >= 0.3 is 0 Å². The molecule has 3 N–H and O–H groups in total. The minimum absolute atomic E-state index is 0.355. The molecule has 1 unspecified atom stereocenters. The van der Waals surface area contributed by atoms with Gasteiger partial charge in [0.2, 0.25) is 0 Å². The number of aliphatic hydroxyl groups is 1. The van der Waals surface area contributed by atoms with E-state index in [0.29, 0.717) is 17.0 Å². The van der Waals surface area contributed by atoms with Gasteiger partial charge in [-0.25, -0.2) is 0 Å². The van der Waals surface area contributed by atoms with Crippen LogP contribution in [0, 0.1) is 0 Å². The number of rotatable bonds is 8. The Hall–Kier alpha value is -1.06. The highest BCUT2D eigenvalue weighted by atomic mass is 35.5. The predicted octanol–water partition coefficient (Wildman–Crippen LogP) is 3.37. The highest BCUT2D eigenvalue weighted by Gasteiger charge is 2.35. The van der Waals surface area contributed by atoms with E-state index in [1.807, 2.05) is 0 Å². The molecule has 0 heterocycles. The molecule has 1 aromatic carbocycles. The van der Waals surface area contributed by atoms with Gasteiger partial charge in [0.25, 0.3) is 5.91 Å². The molecule has 19 heavy (non-hydrogen) atoms. The summed E-state index contributed by atoms with van der Waals surface area (Å²) in [7, 11) is 0. The first-order chi connectivity index (χ1) is 9.00. The first-order valence-corrected chi connectivity index (χ1v) is 7.17. The number of nitrogens with two attached hydrogens (primary N) is 1. The molecule has 0 aromatic heterocycles. The third kappa shape index (κ3) is 4.51. The quantitative estimate of drug-likeness (QED) is 0.719. The second-order valence-corrected chi connectivity index (χ2v) is 5.33. The molecule has 3 nitrogen and oxygen atoms in total. The summed E-state index contributed by atoms with van der Waals surface area (Å²) in [6.45, 7) is 2.15. The van der Waals surface area contributed by atoms with E-state index in [9.17, 15) is 9.90 Å². The molecule has 0 aliphatic rings. The van der Waals surface area contributed by atoms with Crippen molar-refractivity contribution in [3.8, 4) is 0 Å². The van der Waals surface area contributed by atoms with Crippen molar-refractivity contribution >= 4 is 17.5 Å². The molecular formula is C15H22ClNO2. The Morgan fingerprint density at radius 2 is 1.79 bits per heavy atom. The summed E-state index contributed by atoms with van der Waals surface area (Å²) in [5, 5.41) is 11.1. The van der Waals surface area contributed by atoms with Crippen LogP contribution in [-0.4, -0.2) is 11.0 Å². The van der Waals surface area contributed by atoms with E-state index in [-0.39, 0.29) is 0 Å². The Labute approximate surface area is 119 Å². The van der Waals surface area contributed by atoms with Crippen molar-refractivity contribution in [1.29, 1.82) is 0 Å². The molecule has 0 saturated heterocycles. The van der Waals surface area contributed by atoms with Crippen LogP contribution in [0.4, 0.5) is 0 Å². The molecule has 1 rings (SSSR count). The number of benzene rings is 1. The summed E-state index contributed by atoms with van der Waals surface area (Å²) in [6, 6.07) is 6.61. The average molecular weight is 284 g/mol. The van der Waals surface area contributed by atoms with E-state index >= 15 is 0 Å². The molecule has 106 valence electrons. The molecule has 0 saturated carbocycles. The van der Waals surface area contributed by atoms with Gasteiger partial charge in [0.1, 0.15) is 0 Å². The lowest BCUT2D eigenvalue weighted by Crippen LogP contribution is -2.41. The maximum absolute atomic E-state index is 11.6. The van der Waals surface area contributed by atoms with Crippen molar-refractivity contribution in [2.45, 2.75) is 51.0 Å². The Balaban J connectivity index is 2.69. The summed E-state index contributed by atoms with van der Waals surface area (Å²) in [5.74, 6) is -0.703. The standard InChI is InChI=1S/C15H22ClNO2/c1-2-3-4-5-6-11-15(19,14(17)18)12-7-9-13(16)10-8-12/h7-10,19H,2-6,11H2,1H3,(H2,17,18). The fourth-order valence-electron chi connectivity index (χ4n) is 2.12. The van der Waals surface area contributed by atoms with Crippen LogP contribution in [0.5, 0.6) is 0 Å². The molecule has 0 aliphatic heterocycles. The fraction of sp³-hybridized carbons (Fsp3) is 0.533. The van der Waals surface area contributed by atoms with E-state index in [0.717, 1.165) is 25.7 Å². The lowest BCUT2D eigenvalue weighted by atomic mass is 9.87. The number of hydrogen-bond acceptors (Lipinski definition) is 2. The van der Waals surface area contributed by atoms with Gasteiger partial charge in [0.05, 0.1) is 0 Å². The van der Waals surface area contributed by atoms with Gasteiger partial charge in [-0.05, 0) is 30.5 Å². The molecule has 0 fully saturated rings. The topological polar surface area (TPSA) is 63.3 Å². The van der Waals surface area contributed by atoms with E-state index in [2.05, 4.69) is 6.92 Å². The smallest absolute Gasteiger partial charge is 0.254 e. The van der Waals surface area contributed by atoms with Crippen LogP contribution in [0.2, 0.25) is 5.02 Å². The number of carbonyl (C=O) groups is 1. The van der Waals surface area contributed by atoms with Crippen molar-refractivity contribution in [2.75, 3.05) is 0 Å². The maximum Gasteiger partial charge on any atom is 0.254 e. The first-order valence-electron chi connectivity index (χ1n) is 6.79. The molecule has 1 amide bonds. The SMILES string of the molecule is CCCCCCCC(O)(C(N)=O)c1ccc(Cl)cc1. The van der Waals surface area contributed by atoms with Crippen LogP contribution in [-0.2, 0) is 10.4 Å². The number of halogens is 1. The Bertz CT molecular complexity index is 405. The van der Waals surface area contributed by atoms with Crippen molar-refractivity contribution in [1.82, 2.24) is 0 Å². The van der Waals surface area contributed by atoms with Crippen molar-refractivity contribution < 1.29 is 9.90 Å². The number of unbranched alkanes of at least 4 members (excludes halogenated alkanes) is 4. The number of hydrogen-bond donors (Lipinski definition) is 2. The van der Waals surface area contributed by atoms with Crippen LogP contribution in [0.3, 0.4) is 0 Å². The summed E-state index contributed by atoms with van der Waals surface area (Å²) in [6.07, 6.45) is 5.59. The third-order valence-corrected chi connectivity index (χ3v) is 3.62. The molecule has 0 bridgehead atoms. The zero-order chi connectivity index (χ0) is 14.3. The molecule has 0 aliphatic carbocycles. The molecule has 4 heteroatoms. The van der Waals surface area contributed by atoms with Crippen LogP contribution in [0.15, 0.2) is 24.3 Å². The van der Waals surface area contributed by atoms with E-state index in [1.54, 1.807) is 24.3 Å². The predicted molar refractivity (Wildman–Crippen MR) is 77.9 cm³/mol. The Kier molecular flexibility index (Phi) is 6.32. The van der Waals surface area contributed by atoms with Gasteiger partial charge < -0.3 is 10.8 Å². The normalized spacial score (nSPS) is 14.1. The monoisotopic (exact) mass is 283 g/mol. The molecule has 0 radical (unpaired) electrons. The second kappa shape index (κ2) is 7.51. The van der Waals surface area contributed by atoms with Crippen molar-refractivity contribution in [3.63, 3.8) is 0 Å². The third-order valence-electron chi connectivity index (χ3n) is 3.37. The Morgan fingerprint density at radius 1 is 1.21 bits per heavy atom. The van der Waals surface area contributed by atoms with Gasteiger partial charge in [-0.15, -0.1) is 0 Å². The molecular weight excluding hydrogens is 262 g/mol. The van der Waals surface area contributed by atoms with Gasteiger partial charge in [-0.1, -0.05) is 56.3 Å². The highest BCUT2D eigenvalue weighted by molar-refractivity contribution is 6.30. The lowest BCUT2D eigenvalue weighted by molar-refractivity contribution is -0.138. The van der Waals surface area contributed by atoms with E-state index < -0.39 is 11.5 Å². The van der Waals surface area contributed by atoms with Crippen LogP contribution in [0.1, 0.15) is 51.0 Å². The van der Waals surface area contributed by atoms with Gasteiger partial charge in [0.15, 0.2) is 5.60 Å². The largest absolute Gasteiger partial charge is 0.375 e. The van der Waals surface area contributed by atoms with Crippen molar-refractivity contribution in [3.05, 3.63) is 34.9 Å². The van der Waals surface area contributed by atoms with Crippen LogP contribution < -0.4 is 5.73 Å². The molecule has 1 atom stereocenters. The fourth-order valence-corrected chi connectivity index (χ4v) is 2.25. The molecule has 1 aromatic rings. The summed E-state index contributed by atoms with van der Waals surface area (Å²) in [5.41, 5.74) is 4.29. The zero-order valence-corrected chi connectivity index (χ0v) is 12.1. The summed E-state index contributed by atoms with van der Waals surface area (Å²) in [4.78, 5) is 11.6. The first kappa shape index (κ1) is 16.0. The minimum atomic E-state index is -1.59. The van der Waals surface area contributed by atoms with Gasteiger partial charge in [0, 0.05) is 5.02 Å². The minimum Gasteiger partial charge on any atom is -0.375 e. The van der Waals surface area contributed by atoms with Gasteiger partial charge in [-0.2, -0.15) is 0 Å². The molecule has 0 spiro atoms. The van der Waals surface area contributed by atoms with Crippen LogP contribution in [0.25, 0.3) is 0 Å². The average Bonchev–Trinajstić information content (AvgIpc) is 2.38. The number of primary amides is 1. The lowest BCUT2D eigenvalue weighted by Gasteiger charge is -2.25. The second-order valence-electron chi connectivity index (χ2n) is 4.90.